The van der Waals surface area contributed by atoms with Crippen LogP contribution in [0.25, 0.3) is 10.9 Å². The van der Waals surface area contributed by atoms with Gasteiger partial charge in [-0.2, -0.15) is 15.2 Å². The number of aliphatic imine (C=N–C) groups is 1. The summed E-state index contributed by atoms with van der Waals surface area (Å²) in [6.07, 6.45) is -0.810. The summed E-state index contributed by atoms with van der Waals surface area (Å²) in [5, 5.41) is 25.0. The SMILES string of the molecule is CC1=NC(C)=C(C#N)C(c2ccc3c(c2)c(N(C(=O)c2ccccc2)C(=O)c2ccccc2)nn3C(=O)OC(C)(C)C)C1C#N. The van der Waals surface area contributed by atoms with Crippen LogP contribution >= 0.6 is 0 Å². The highest BCUT2D eigenvalue weighted by Crippen LogP contribution is 2.40. The first-order valence-corrected chi connectivity index (χ1v) is 14.3. The van der Waals surface area contributed by atoms with Crippen molar-refractivity contribution in [1.29, 1.82) is 10.5 Å². The number of anilines is 1. The van der Waals surface area contributed by atoms with Crippen molar-refractivity contribution in [3.8, 4) is 12.1 Å². The number of allylic oxidation sites excluding steroid dienone is 2. The topological polar surface area (TPSA) is 141 Å². The molecule has 3 aromatic carbocycles. The van der Waals surface area contributed by atoms with Gasteiger partial charge in [0.1, 0.15) is 5.60 Å². The molecule has 1 aromatic heterocycles. The number of aromatic nitrogens is 2. The Morgan fingerprint density at radius 1 is 0.889 bits per heavy atom. The Morgan fingerprint density at radius 3 is 1.98 bits per heavy atom. The first kappa shape index (κ1) is 30.6. The number of carbonyl (C=O) groups is 3. The van der Waals surface area contributed by atoms with Crippen LogP contribution in [0.2, 0.25) is 0 Å². The normalized spacial score (nSPS) is 16.4. The van der Waals surface area contributed by atoms with Crippen LogP contribution in [0.5, 0.6) is 0 Å². The van der Waals surface area contributed by atoms with Gasteiger partial charge in [0.2, 0.25) is 0 Å². The molecule has 5 rings (SSSR count). The van der Waals surface area contributed by atoms with Gasteiger partial charge in [-0.25, -0.2) is 9.69 Å². The standard InChI is InChI=1S/C35H30N6O4/c1-21-27(19-36)30(28(20-37)22(2)38-21)25-16-17-29-26(18-25)31(39-41(29)34(44)45-35(3,4)5)40(32(42)23-12-8-6-9-13-23)33(43)24-14-10-7-11-15-24/h6-18,27,30H,1-5H3. The van der Waals surface area contributed by atoms with Gasteiger partial charge in [-0.15, -0.1) is 5.10 Å². The number of hydrogen-bond acceptors (Lipinski definition) is 8. The quantitative estimate of drug-likeness (QED) is 0.235. The van der Waals surface area contributed by atoms with E-state index in [0.717, 1.165) is 9.58 Å². The van der Waals surface area contributed by atoms with Gasteiger partial charge in [0, 0.05) is 28.1 Å². The monoisotopic (exact) mass is 598 g/mol. The van der Waals surface area contributed by atoms with E-state index in [1.807, 2.05) is 0 Å². The molecule has 1 aliphatic rings. The minimum Gasteiger partial charge on any atom is -0.442 e. The number of nitriles is 2. The zero-order valence-corrected chi connectivity index (χ0v) is 25.5. The molecule has 0 spiro atoms. The number of hydrogen-bond donors (Lipinski definition) is 0. The Labute approximate surface area is 260 Å². The number of amides is 2. The molecular formula is C35H30N6O4. The van der Waals surface area contributed by atoms with Crippen LogP contribution in [0.3, 0.4) is 0 Å². The van der Waals surface area contributed by atoms with E-state index in [1.54, 1.807) is 113 Å². The Balaban J connectivity index is 1.80. The lowest BCUT2D eigenvalue weighted by molar-refractivity contribution is 0.0521. The molecule has 224 valence electrons. The highest BCUT2D eigenvalue weighted by Gasteiger charge is 2.36. The minimum absolute atomic E-state index is 0.102. The maximum absolute atomic E-state index is 14.1. The minimum atomic E-state index is -0.863. The van der Waals surface area contributed by atoms with Crippen molar-refractivity contribution in [3.63, 3.8) is 0 Å². The van der Waals surface area contributed by atoms with Crippen LogP contribution in [0.15, 0.2) is 95.1 Å². The van der Waals surface area contributed by atoms with Gasteiger partial charge in [0.15, 0.2) is 5.82 Å². The van der Waals surface area contributed by atoms with Crippen molar-refractivity contribution in [1.82, 2.24) is 9.78 Å². The first-order chi connectivity index (χ1) is 21.4. The van der Waals surface area contributed by atoms with Crippen LogP contribution < -0.4 is 4.90 Å². The highest BCUT2D eigenvalue weighted by atomic mass is 16.6. The second-order valence-electron chi connectivity index (χ2n) is 11.6. The van der Waals surface area contributed by atoms with Crippen LogP contribution in [-0.2, 0) is 4.74 Å². The molecule has 2 atom stereocenters. The van der Waals surface area contributed by atoms with Crippen molar-refractivity contribution >= 4 is 40.3 Å². The zero-order chi connectivity index (χ0) is 32.5. The van der Waals surface area contributed by atoms with E-state index >= 15 is 0 Å². The summed E-state index contributed by atoms with van der Waals surface area (Å²) < 4.78 is 6.64. The van der Waals surface area contributed by atoms with Crippen molar-refractivity contribution in [2.24, 2.45) is 10.9 Å². The molecule has 2 amide bonds. The lowest BCUT2D eigenvalue weighted by Gasteiger charge is -2.27. The summed E-state index contributed by atoms with van der Waals surface area (Å²) >= 11 is 0. The zero-order valence-electron chi connectivity index (χ0n) is 25.5. The Hall–Kier alpha value is -5.87. The highest BCUT2D eigenvalue weighted by molar-refractivity contribution is 6.27. The summed E-state index contributed by atoms with van der Waals surface area (Å²) in [6.45, 7) is 8.60. The van der Waals surface area contributed by atoms with Crippen LogP contribution in [-0.4, -0.2) is 39.0 Å². The smallest absolute Gasteiger partial charge is 0.435 e. The molecule has 4 aromatic rings. The van der Waals surface area contributed by atoms with E-state index < -0.39 is 35.3 Å². The Bertz CT molecular complexity index is 1920. The molecule has 2 unspecified atom stereocenters. The summed E-state index contributed by atoms with van der Waals surface area (Å²) in [6, 6.07) is 26.0. The summed E-state index contributed by atoms with van der Waals surface area (Å²) in [4.78, 5) is 47.0. The fourth-order valence-electron chi connectivity index (χ4n) is 5.33. The summed E-state index contributed by atoms with van der Waals surface area (Å²) in [7, 11) is 0. The van der Waals surface area contributed by atoms with Gasteiger partial charge in [0.05, 0.1) is 34.8 Å². The molecule has 0 saturated heterocycles. The molecule has 0 aliphatic carbocycles. The molecule has 45 heavy (non-hydrogen) atoms. The average molecular weight is 599 g/mol. The predicted molar refractivity (Wildman–Crippen MR) is 169 cm³/mol. The van der Waals surface area contributed by atoms with Crippen molar-refractivity contribution in [2.45, 2.75) is 46.1 Å². The Morgan fingerprint density at radius 2 is 1.47 bits per heavy atom. The lowest BCUT2D eigenvalue weighted by atomic mass is 9.76. The molecule has 10 heteroatoms. The predicted octanol–water partition coefficient (Wildman–Crippen LogP) is 6.80. The average Bonchev–Trinajstić information content (AvgIpc) is 3.39. The molecule has 0 fully saturated rings. The van der Waals surface area contributed by atoms with Gasteiger partial charge in [0.25, 0.3) is 11.8 Å². The number of benzene rings is 3. The van der Waals surface area contributed by atoms with Crippen LogP contribution in [0.1, 0.15) is 66.8 Å². The number of carbonyl (C=O) groups excluding carboxylic acids is 3. The van der Waals surface area contributed by atoms with E-state index in [-0.39, 0.29) is 27.8 Å². The number of imide groups is 1. The van der Waals surface area contributed by atoms with E-state index in [4.69, 9.17) is 4.74 Å². The van der Waals surface area contributed by atoms with E-state index in [0.29, 0.717) is 22.5 Å². The van der Waals surface area contributed by atoms with Gasteiger partial charge >= 0.3 is 6.09 Å². The lowest BCUT2D eigenvalue weighted by Crippen LogP contribution is -2.38. The van der Waals surface area contributed by atoms with Crippen LogP contribution in [0.4, 0.5) is 10.6 Å². The van der Waals surface area contributed by atoms with E-state index in [2.05, 4.69) is 22.2 Å². The third-order valence-corrected chi connectivity index (χ3v) is 7.36. The largest absolute Gasteiger partial charge is 0.442 e. The maximum Gasteiger partial charge on any atom is 0.435 e. The molecule has 0 saturated carbocycles. The van der Waals surface area contributed by atoms with Gasteiger partial charge < -0.3 is 4.74 Å². The fraction of sp³-hybridized carbons (Fsp3) is 0.229. The molecule has 0 N–H and O–H groups in total. The summed E-state index contributed by atoms with van der Waals surface area (Å²) in [5.41, 5.74) is 1.80. The molecule has 10 nitrogen and oxygen atoms in total. The number of fused-ring (bicyclic) bond motifs is 1. The third-order valence-electron chi connectivity index (χ3n) is 7.36. The van der Waals surface area contributed by atoms with Crippen LogP contribution in [0, 0.1) is 28.6 Å². The van der Waals surface area contributed by atoms with Crippen molar-refractivity contribution < 1.29 is 19.1 Å². The molecule has 2 heterocycles. The third kappa shape index (κ3) is 5.86. The summed E-state index contributed by atoms with van der Waals surface area (Å²) in [5.74, 6) is -2.83. The molecule has 0 bridgehead atoms. The van der Waals surface area contributed by atoms with Crippen molar-refractivity contribution in [3.05, 3.63) is 107 Å². The number of nitrogens with zero attached hydrogens (tertiary/aromatic N) is 6. The van der Waals surface area contributed by atoms with Gasteiger partial charge in [-0.05, 0) is 76.6 Å². The molecule has 1 aliphatic heterocycles. The van der Waals surface area contributed by atoms with Gasteiger partial charge in [-0.1, -0.05) is 42.5 Å². The number of ether oxygens (including phenoxy) is 1. The van der Waals surface area contributed by atoms with E-state index in [9.17, 15) is 24.9 Å². The molecular weight excluding hydrogens is 568 g/mol. The second-order valence-corrected chi connectivity index (χ2v) is 11.6. The van der Waals surface area contributed by atoms with Crippen molar-refractivity contribution in [2.75, 3.05) is 4.90 Å². The first-order valence-electron chi connectivity index (χ1n) is 14.3. The maximum atomic E-state index is 14.1. The second kappa shape index (κ2) is 12.0. The Kier molecular flexibility index (Phi) is 8.17. The number of rotatable bonds is 4. The fourth-order valence-corrected chi connectivity index (χ4v) is 5.33. The van der Waals surface area contributed by atoms with E-state index in [1.165, 1.54) is 0 Å². The molecule has 0 radical (unpaired) electrons. The van der Waals surface area contributed by atoms with Gasteiger partial charge in [-0.3, -0.25) is 14.6 Å².